The second-order valence-corrected chi connectivity index (χ2v) is 9.47. The highest BCUT2D eigenvalue weighted by Crippen LogP contribution is 2.43. The summed E-state index contributed by atoms with van der Waals surface area (Å²) in [5.41, 5.74) is 2.27. The molecule has 4 heterocycles. The lowest BCUT2D eigenvalue weighted by atomic mass is 9.70. The first-order chi connectivity index (χ1) is 15.1. The number of hydrogen-bond acceptors (Lipinski definition) is 5. The fraction of sp³-hybridized carbons (Fsp3) is 0.600. The van der Waals surface area contributed by atoms with E-state index in [1.807, 2.05) is 6.07 Å². The number of nitrogens with zero attached hydrogens (tertiary/aromatic N) is 3. The Morgan fingerprint density at radius 3 is 2.90 bits per heavy atom. The van der Waals surface area contributed by atoms with E-state index in [1.165, 1.54) is 12.0 Å². The lowest BCUT2D eigenvalue weighted by Gasteiger charge is -2.56. The van der Waals surface area contributed by atoms with Gasteiger partial charge in [0.1, 0.15) is 5.75 Å². The maximum absolute atomic E-state index is 13.1. The number of piperidine rings is 3. The minimum absolute atomic E-state index is 0.255. The molecule has 3 aliphatic rings. The molecule has 2 bridgehead atoms. The van der Waals surface area contributed by atoms with Gasteiger partial charge in [-0.1, -0.05) is 24.2 Å². The third kappa shape index (κ3) is 4.10. The van der Waals surface area contributed by atoms with Gasteiger partial charge in [0.2, 0.25) is 5.91 Å². The van der Waals surface area contributed by atoms with E-state index in [2.05, 4.69) is 46.1 Å². The van der Waals surface area contributed by atoms with E-state index in [0.717, 1.165) is 62.5 Å². The second kappa shape index (κ2) is 8.65. The zero-order valence-corrected chi connectivity index (χ0v) is 18.6. The molecule has 1 aromatic heterocycles. The van der Waals surface area contributed by atoms with Crippen LogP contribution in [-0.4, -0.2) is 53.1 Å². The number of amides is 1. The average Bonchev–Trinajstić information content (AvgIpc) is 3.24. The molecular formula is C25H33N3O3. The zero-order valence-electron chi connectivity index (χ0n) is 18.6. The number of hydrogen-bond donors (Lipinski definition) is 0. The Balaban J connectivity index is 1.39. The van der Waals surface area contributed by atoms with Crippen LogP contribution in [0.25, 0.3) is 0 Å². The van der Waals surface area contributed by atoms with Crippen LogP contribution in [0.1, 0.15) is 49.6 Å². The summed E-state index contributed by atoms with van der Waals surface area (Å²) in [7, 11) is 1.71. The minimum atomic E-state index is 0.255. The highest BCUT2D eigenvalue weighted by molar-refractivity contribution is 5.78. The number of methoxy groups -OCH3 is 1. The molecule has 0 spiro atoms. The number of carbonyl (C=O) groups is 1. The molecule has 0 aliphatic carbocycles. The van der Waals surface area contributed by atoms with Crippen LogP contribution in [0.15, 0.2) is 34.9 Å². The van der Waals surface area contributed by atoms with Crippen molar-refractivity contribution >= 4 is 5.91 Å². The first-order valence-electron chi connectivity index (χ1n) is 11.8. The van der Waals surface area contributed by atoms with Crippen molar-refractivity contribution in [2.75, 3.05) is 20.2 Å². The third-order valence-electron chi connectivity index (χ3n) is 7.50. The summed E-state index contributed by atoms with van der Waals surface area (Å²) in [5.74, 6) is 3.23. The quantitative estimate of drug-likeness (QED) is 0.709. The maximum Gasteiger partial charge on any atom is 0.223 e. The zero-order chi connectivity index (χ0) is 21.4. The Hall–Kier alpha value is -2.34. The summed E-state index contributed by atoms with van der Waals surface area (Å²) >= 11 is 0. The van der Waals surface area contributed by atoms with Crippen molar-refractivity contribution in [3.05, 3.63) is 47.3 Å². The largest absolute Gasteiger partial charge is 0.497 e. The predicted octanol–water partition coefficient (Wildman–Crippen LogP) is 3.69. The summed E-state index contributed by atoms with van der Waals surface area (Å²) in [4.78, 5) is 17.9. The van der Waals surface area contributed by atoms with Crippen LogP contribution in [0.2, 0.25) is 0 Å². The number of likely N-dealkylation sites (tertiary alicyclic amines) is 1. The summed E-state index contributed by atoms with van der Waals surface area (Å²) in [5, 5.41) is 4.17. The molecule has 0 saturated carbocycles. The van der Waals surface area contributed by atoms with Gasteiger partial charge < -0.3 is 14.2 Å². The fourth-order valence-electron chi connectivity index (χ4n) is 6.12. The van der Waals surface area contributed by atoms with Gasteiger partial charge in [-0.2, -0.15) is 0 Å². The second-order valence-electron chi connectivity index (χ2n) is 9.47. The number of fused-ring (bicyclic) bond motifs is 4. The Morgan fingerprint density at radius 1 is 1.23 bits per heavy atom. The molecule has 0 unspecified atom stereocenters. The third-order valence-corrected chi connectivity index (χ3v) is 7.50. The van der Waals surface area contributed by atoms with Crippen LogP contribution in [0, 0.1) is 11.8 Å². The predicted molar refractivity (Wildman–Crippen MR) is 118 cm³/mol. The molecule has 166 valence electrons. The van der Waals surface area contributed by atoms with E-state index in [0.29, 0.717) is 30.2 Å². The molecule has 0 N–H and O–H groups in total. The summed E-state index contributed by atoms with van der Waals surface area (Å²) in [6, 6.07) is 11.0. The molecule has 1 amide bonds. The maximum atomic E-state index is 13.1. The number of rotatable bonds is 6. The topological polar surface area (TPSA) is 58.8 Å². The molecule has 3 fully saturated rings. The molecule has 1 aromatic carbocycles. The van der Waals surface area contributed by atoms with Gasteiger partial charge in [0.15, 0.2) is 5.76 Å². The Morgan fingerprint density at radius 2 is 2.10 bits per heavy atom. The lowest BCUT2D eigenvalue weighted by molar-refractivity contribution is -0.153. The van der Waals surface area contributed by atoms with Gasteiger partial charge in [-0.15, -0.1) is 0 Å². The lowest BCUT2D eigenvalue weighted by Crippen LogP contribution is -2.65. The molecule has 6 nitrogen and oxygen atoms in total. The van der Waals surface area contributed by atoms with Gasteiger partial charge in [0.25, 0.3) is 0 Å². The molecule has 31 heavy (non-hydrogen) atoms. The first kappa shape index (κ1) is 20.6. The molecule has 3 aliphatic heterocycles. The van der Waals surface area contributed by atoms with Crippen molar-refractivity contribution in [3.63, 3.8) is 0 Å². The van der Waals surface area contributed by atoms with Crippen LogP contribution in [0.4, 0.5) is 0 Å². The minimum Gasteiger partial charge on any atom is -0.497 e. The molecule has 0 radical (unpaired) electrons. The fourth-order valence-corrected chi connectivity index (χ4v) is 6.12. The number of carbonyl (C=O) groups excluding carboxylic acids is 1. The smallest absolute Gasteiger partial charge is 0.223 e. The summed E-state index contributed by atoms with van der Waals surface area (Å²) in [6.45, 7) is 4.96. The standard InChI is InChI=1S/C25H33N3O3/c1-3-20-13-22(31-26-20)16-27-14-18-12-19(15-27)24(28-23(18)8-5-9-25(28)29)11-17-6-4-7-21(10-17)30-2/h4,6-7,10,13,18-19,23-24H,3,5,8-9,11-12,14-16H2,1-2H3/t18-,19+,23+,24+/m1/s1. The van der Waals surface area contributed by atoms with Crippen LogP contribution >= 0.6 is 0 Å². The molecule has 6 heteroatoms. The van der Waals surface area contributed by atoms with Crippen LogP contribution in [-0.2, 0) is 24.2 Å². The number of ether oxygens (including phenoxy) is 1. The van der Waals surface area contributed by atoms with Crippen molar-refractivity contribution in [2.45, 2.75) is 64.1 Å². The van der Waals surface area contributed by atoms with E-state index in [9.17, 15) is 4.79 Å². The Labute approximate surface area is 184 Å². The van der Waals surface area contributed by atoms with Gasteiger partial charge in [0.05, 0.1) is 19.3 Å². The summed E-state index contributed by atoms with van der Waals surface area (Å²) in [6.07, 6.45) is 5.87. The number of aryl methyl sites for hydroxylation is 1. The van der Waals surface area contributed by atoms with E-state index in [1.54, 1.807) is 7.11 Å². The monoisotopic (exact) mass is 423 g/mol. The molecule has 3 saturated heterocycles. The van der Waals surface area contributed by atoms with E-state index < -0.39 is 0 Å². The van der Waals surface area contributed by atoms with E-state index >= 15 is 0 Å². The molecule has 4 atom stereocenters. The van der Waals surface area contributed by atoms with Gasteiger partial charge >= 0.3 is 0 Å². The van der Waals surface area contributed by atoms with Gasteiger partial charge in [-0.25, -0.2) is 0 Å². The Kier molecular flexibility index (Phi) is 5.74. The molecule has 5 rings (SSSR count). The Bertz CT molecular complexity index is 926. The number of benzene rings is 1. The van der Waals surface area contributed by atoms with Crippen LogP contribution in [0.3, 0.4) is 0 Å². The normalized spacial score (nSPS) is 28.5. The van der Waals surface area contributed by atoms with Crippen molar-refractivity contribution in [1.82, 2.24) is 15.0 Å². The van der Waals surface area contributed by atoms with Gasteiger partial charge in [-0.05, 0) is 61.6 Å². The van der Waals surface area contributed by atoms with E-state index in [4.69, 9.17) is 9.26 Å². The van der Waals surface area contributed by atoms with Crippen molar-refractivity contribution < 1.29 is 14.1 Å². The van der Waals surface area contributed by atoms with Crippen LogP contribution in [0.5, 0.6) is 5.75 Å². The van der Waals surface area contributed by atoms with Crippen molar-refractivity contribution in [2.24, 2.45) is 11.8 Å². The van der Waals surface area contributed by atoms with E-state index in [-0.39, 0.29) is 6.04 Å². The van der Waals surface area contributed by atoms with Gasteiger partial charge in [-0.3, -0.25) is 9.69 Å². The molecular weight excluding hydrogens is 390 g/mol. The average molecular weight is 424 g/mol. The SMILES string of the molecule is CCc1cc(CN2C[C@H]3C[C@@H](C2)[C@H](Cc2cccc(OC)c2)N2C(=O)CCC[C@@H]32)on1. The first-order valence-corrected chi connectivity index (χ1v) is 11.8. The summed E-state index contributed by atoms with van der Waals surface area (Å²) < 4.78 is 11.0. The van der Waals surface area contributed by atoms with Crippen molar-refractivity contribution in [1.29, 1.82) is 0 Å². The van der Waals surface area contributed by atoms with Gasteiger partial charge in [0, 0.05) is 37.7 Å². The van der Waals surface area contributed by atoms with Crippen molar-refractivity contribution in [3.8, 4) is 5.75 Å². The van der Waals surface area contributed by atoms with Crippen LogP contribution < -0.4 is 4.74 Å². The highest BCUT2D eigenvalue weighted by atomic mass is 16.5. The number of aromatic nitrogens is 1. The highest BCUT2D eigenvalue weighted by Gasteiger charge is 2.49. The molecule has 2 aromatic rings.